The number of halogens is 1. The van der Waals surface area contributed by atoms with Gasteiger partial charge in [0.25, 0.3) is 0 Å². The minimum Gasteiger partial charge on any atom is -0.495 e. The second-order valence-electron chi connectivity index (χ2n) is 3.57. The molecular formula is C13H13BrN2O. The lowest BCUT2D eigenvalue weighted by molar-refractivity contribution is 0.412. The number of nitrogens with one attached hydrogen (secondary N) is 1. The topological polar surface area (TPSA) is 47.3 Å². The molecule has 2 aromatic carbocycles. The lowest BCUT2D eigenvalue weighted by atomic mass is 10.2. The van der Waals surface area contributed by atoms with E-state index in [4.69, 9.17) is 10.5 Å². The van der Waals surface area contributed by atoms with Crippen molar-refractivity contribution in [1.29, 1.82) is 0 Å². The largest absolute Gasteiger partial charge is 0.495 e. The van der Waals surface area contributed by atoms with Crippen molar-refractivity contribution in [2.75, 3.05) is 18.2 Å². The summed E-state index contributed by atoms with van der Waals surface area (Å²) in [6.45, 7) is 0. The molecule has 0 aliphatic heterocycles. The molecule has 0 bridgehead atoms. The number of nitrogens with two attached hydrogens (primary N) is 1. The lowest BCUT2D eigenvalue weighted by Gasteiger charge is -2.12. The van der Waals surface area contributed by atoms with E-state index in [0.717, 1.165) is 21.6 Å². The number of rotatable bonds is 3. The van der Waals surface area contributed by atoms with Crippen LogP contribution in [-0.4, -0.2) is 7.11 Å². The van der Waals surface area contributed by atoms with Crippen LogP contribution in [0.25, 0.3) is 0 Å². The number of anilines is 3. The highest BCUT2D eigenvalue weighted by Gasteiger charge is 2.06. The Hall–Kier alpha value is -1.68. The van der Waals surface area contributed by atoms with Crippen LogP contribution in [0.5, 0.6) is 5.75 Å². The monoisotopic (exact) mass is 292 g/mol. The number of ether oxygens (including phenoxy) is 1. The van der Waals surface area contributed by atoms with E-state index in [1.807, 2.05) is 36.4 Å². The summed E-state index contributed by atoms with van der Waals surface area (Å²) < 4.78 is 6.04. The van der Waals surface area contributed by atoms with Crippen LogP contribution < -0.4 is 15.8 Å². The maximum atomic E-state index is 5.95. The van der Waals surface area contributed by atoms with Crippen LogP contribution in [0.4, 0.5) is 17.1 Å². The number of para-hydroxylation sites is 1. The number of hydrogen-bond donors (Lipinski definition) is 2. The molecule has 0 radical (unpaired) electrons. The summed E-state index contributed by atoms with van der Waals surface area (Å²) in [4.78, 5) is 0. The molecule has 0 fully saturated rings. The molecule has 0 aromatic heterocycles. The van der Waals surface area contributed by atoms with Crippen LogP contribution in [0.15, 0.2) is 46.9 Å². The summed E-state index contributed by atoms with van der Waals surface area (Å²) in [6, 6.07) is 13.6. The maximum absolute atomic E-state index is 5.95. The van der Waals surface area contributed by atoms with Crippen molar-refractivity contribution < 1.29 is 4.74 Å². The van der Waals surface area contributed by atoms with E-state index in [2.05, 4.69) is 21.2 Å². The van der Waals surface area contributed by atoms with Crippen molar-refractivity contribution in [1.82, 2.24) is 0 Å². The first-order valence-corrected chi connectivity index (χ1v) is 5.95. The molecule has 0 unspecified atom stereocenters. The fourth-order valence-corrected chi connectivity index (χ4v) is 2.02. The molecule has 4 heteroatoms. The highest BCUT2D eigenvalue weighted by atomic mass is 79.9. The van der Waals surface area contributed by atoms with Gasteiger partial charge in [-0.25, -0.2) is 0 Å². The van der Waals surface area contributed by atoms with Crippen LogP contribution >= 0.6 is 15.9 Å². The van der Waals surface area contributed by atoms with E-state index in [1.165, 1.54) is 0 Å². The van der Waals surface area contributed by atoms with Gasteiger partial charge in [-0.3, -0.25) is 0 Å². The van der Waals surface area contributed by atoms with E-state index in [-0.39, 0.29) is 0 Å². The molecule has 17 heavy (non-hydrogen) atoms. The molecule has 2 aromatic rings. The van der Waals surface area contributed by atoms with Crippen molar-refractivity contribution in [3.8, 4) is 5.75 Å². The minimum atomic E-state index is 0.647. The van der Waals surface area contributed by atoms with Gasteiger partial charge in [0.05, 0.1) is 23.0 Å². The molecule has 0 aliphatic rings. The molecule has 0 saturated heterocycles. The fourth-order valence-electron chi connectivity index (χ4n) is 1.51. The fraction of sp³-hybridized carbons (Fsp3) is 0.0769. The second kappa shape index (κ2) is 5.10. The van der Waals surface area contributed by atoms with E-state index in [1.54, 1.807) is 13.2 Å². The van der Waals surface area contributed by atoms with Gasteiger partial charge in [-0.15, -0.1) is 0 Å². The minimum absolute atomic E-state index is 0.647. The second-order valence-corrected chi connectivity index (χ2v) is 4.42. The Morgan fingerprint density at radius 1 is 1.18 bits per heavy atom. The normalized spacial score (nSPS) is 10.0. The van der Waals surface area contributed by atoms with Crippen molar-refractivity contribution in [3.05, 3.63) is 46.9 Å². The quantitative estimate of drug-likeness (QED) is 0.847. The van der Waals surface area contributed by atoms with Crippen molar-refractivity contribution in [2.24, 2.45) is 0 Å². The Balaban J connectivity index is 2.31. The zero-order valence-corrected chi connectivity index (χ0v) is 11.0. The molecular weight excluding hydrogens is 280 g/mol. The average molecular weight is 293 g/mol. The summed E-state index contributed by atoms with van der Waals surface area (Å²) in [6.07, 6.45) is 0. The predicted molar refractivity (Wildman–Crippen MR) is 74.8 cm³/mol. The maximum Gasteiger partial charge on any atom is 0.135 e. The first-order valence-electron chi connectivity index (χ1n) is 5.16. The molecule has 0 saturated carbocycles. The number of hydrogen-bond acceptors (Lipinski definition) is 3. The molecule has 0 amide bonds. The van der Waals surface area contributed by atoms with Crippen molar-refractivity contribution >= 4 is 33.0 Å². The Morgan fingerprint density at radius 3 is 2.53 bits per heavy atom. The van der Waals surface area contributed by atoms with E-state index < -0.39 is 0 Å². The van der Waals surface area contributed by atoms with Crippen molar-refractivity contribution in [3.63, 3.8) is 0 Å². The molecule has 3 N–H and O–H groups in total. The molecule has 0 spiro atoms. The van der Waals surface area contributed by atoms with Crippen LogP contribution in [0.2, 0.25) is 0 Å². The van der Waals surface area contributed by atoms with Crippen LogP contribution in [0.1, 0.15) is 0 Å². The summed E-state index contributed by atoms with van der Waals surface area (Å²) >= 11 is 3.43. The third-order valence-electron chi connectivity index (χ3n) is 2.38. The Morgan fingerprint density at radius 2 is 1.88 bits per heavy atom. The van der Waals surface area contributed by atoms with Gasteiger partial charge >= 0.3 is 0 Å². The summed E-state index contributed by atoms with van der Waals surface area (Å²) in [7, 11) is 1.61. The number of methoxy groups -OCH3 is 1. The van der Waals surface area contributed by atoms with E-state index >= 15 is 0 Å². The van der Waals surface area contributed by atoms with Gasteiger partial charge in [0.15, 0.2) is 0 Å². The first-order chi connectivity index (χ1) is 8.20. The average Bonchev–Trinajstić information content (AvgIpc) is 2.34. The number of benzene rings is 2. The van der Waals surface area contributed by atoms with Gasteiger partial charge in [-0.2, -0.15) is 0 Å². The third kappa shape index (κ3) is 2.71. The summed E-state index contributed by atoms with van der Waals surface area (Å²) in [5.74, 6) is 0.723. The Labute approximate surface area is 109 Å². The van der Waals surface area contributed by atoms with Gasteiger partial charge in [0.2, 0.25) is 0 Å². The Kier molecular flexibility index (Phi) is 3.54. The highest BCUT2D eigenvalue weighted by molar-refractivity contribution is 9.10. The molecule has 3 nitrogen and oxygen atoms in total. The van der Waals surface area contributed by atoms with E-state index in [0.29, 0.717) is 5.69 Å². The zero-order chi connectivity index (χ0) is 12.3. The van der Waals surface area contributed by atoms with Gasteiger partial charge in [0, 0.05) is 11.8 Å². The van der Waals surface area contributed by atoms with Crippen LogP contribution in [0, 0.1) is 0 Å². The lowest BCUT2D eigenvalue weighted by Crippen LogP contribution is -1.97. The van der Waals surface area contributed by atoms with Gasteiger partial charge in [0.1, 0.15) is 5.75 Å². The Bertz CT molecular complexity index is 514. The summed E-state index contributed by atoms with van der Waals surface area (Å²) in [5, 5.41) is 3.25. The highest BCUT2D eigenvalue weighted by Crippen LogP contribution is 2.34. The van der Waals surface area contributed by atoms with E-state index in [9.17, 15) is 0 Å². The first kappa shape index (κ1) is 11.8. The number of nitrogen functional groups attached to an aromatic ring is 1. The molecule has 0 heterocycles. The third-order valence-corrected chi connectivity index (χ3v) is 3.00. The molecule has 0 aliphatic carbocycles. The SMILES string of the molecule is COc1cc(N)c(Nc2ccccc2)cc1Br. The predicted octanol–water partition coefficient (Wildman–Crippen LogP) is 3.78. The summed E-state index contributed by atoms with van der Waals surface area (Å²) in [5.41, 5.74) is 8.44. The molecule has 0 atom stereocenters. The van der Waals surface area contributed by atoms with Gasteiger partial charge in [-0.05, 0) is 34.1 Å². The molecule has 88 valence electrons. The standard InChI is InChI=1S/C13H13BrN2O/c1-17-13-8-11(15)12(7-10(13)14)16-9-5-3-2-4-6-9/h2-8,16H,15H2,1H3. The van der Waals surface area contributed by atoms with Crippen LogP contribution in [0.3, 0.4) is 0 Å². The van der Waals surface area contributed by atoms with Crippen molar-refractivity contribution in [2.45, 2.75) is 0 Å². The van der Waals surface area contributed by atoms with Crippen LogP contribution in [-0.2, 0) is 0 Å². The smallest absolute Gasteiger partial charge is 0.135 e. The van der Waals surface area contributed by atoms with Gasteiger partial charge in [-0.1, -0.05) is 18.2 Å². The van der Waals surface area contributed by atoms with Gasteiger partial charge < -0.3 is 15.8 Å². The molecule has 2 rings (SSSR count). The zero-order valence-electron chi connectivity index (χ0n) is 9.41.